The van der Waals surface area contributed by atoms with Crippen molar-refractivity contribution in [1.82, 2.24) is 0 Å². The zero-order valence-electron chi connectivity index (χ0n) is 21.6. The molecule has 0 spiro atoms. The predicted octanol–water partition coefficient (Wildman–Crippen LogP) is 8.23. The van der Waals surface area contributed by atoms with Gasteiger partial charge in [0.25, 0.3) is 0 Å². The summed E-state index contributed by atoms with van der Waals surface area (Å²) < 4.78 is 12.2. The van der Waals surface area contributed by atoms with Crippen molar-refractivity contribution < 1.29 is 9.47 Å². The lowest BCUT2D eigenvalue weighted by Gasteiger charge is -2.62. The average molecular weight is 503 g/mol. The molecule has 4 bridgehead atoms. The maximum atomic E-state index is 6.09. The zero-order chi connectivity index (χ0) is 25.7. The van der Waals surface area contributed by atoms with Crippen LogP contribution in [0.4, 0.5) is 11.4 Å². The number of anilines is 2. The first-order valence-electron chi connectivity index (χ1n) is 13.8. The largest absolute Gasteiger partial charge is 0.455 e. The van der Waals surface area contributed by atoms with Crippen molar-refractivity contribution in [2.45, 2.75) is 49.4 Å². The van der Waals surface area contributed by atoms with Crippen molar-refractivity contribution in [3.8, 4) is 23.0 Å². The van der Waals surface area contributed by atoms with Crippen molar-refractivity contribution in [2.75, 3.05) is 11.5 Å². The third kappa shape index (κ3) is 3.99. The number of benzene rings is 4. The minimum atomic E-state index is 0.238. The minimum absolute atomic E-state index is 0.238. The third-order valence-corrected chi connectivity index (χ3v) is 9.29. The Bertz CT molecular complexity index is 1340. The fourth-order valence-corrected chi connectivity index (χ4v) is 8.09. The Kier molecular flexibility index (Phi) is 5.40. The molecule has 4 heteroatoms. The number of hydrogen-bond acceptors (Lipinski definition) is 4. The maximum absolute atomic E-state index is 6.09. The van der Waals surface area contributed by atoms with E-state index in [1.807, 2.05) is 48.5 Å². The molecule has 0 heterocycles. The number of nitrogen functional groups attached to an aromatic ring is 2. The first-order chi connectivity index (χ1) is 18.5. The third-order valence-electron chi connectivity index (χ3n) is 9.29. The summed E-state index contributed by atoms with van der Waals surface area (Å²) in [4.78, 5) is 0. The summed E-state index contributed by atoms with van der Waals surface area (Å²) in [6.45, 7) is 0. The highest BCUT2D eigenvalue weighted by molar-refractivity contribution is 5.55. The molecule has 0 amide bonds. The van der Waals surface area contributed by atoms with Gasteiger partial charge in [0.2, 0.25) is 0 Å². The summed E-state index contributed by atoms with van der Waals surface area (Å²) >= 11 is 0. The van der Waals surface area contributed by atoms with Crippen molar-refractivity contribution in [1.29, 1.82) is 0 Å². The van der Waals surface area contributed by atoms with Crippen LogP contribution in [0.3, 0.4) is 0 Å². The zero-order valence-corrected chi connectivity index (χ0v) is 21.6. The van der Waals surface area contributed by atoms with E-state index >= 15 is 0 Å². The normalized spacial score (nSPS) is 27.3. The molecule has 4 saturated carbocycles. The molecule has 4 N–H and O–H groups in total. The molecule has 4 aliphatic rings. The topological polar surface area (TPSA) is 70.5 Å². The number of para-hydroxylation sites is 4. The first-order valence-corrected chi connectivity index (χ1v) is 13.8. The van der Waals surface area contributed by atoms with Crippen LogP contribution in [0, 0.1) is 11.8 Å². The number of hydrogen-bond donors (Lipinski definition) is 2. The van der Waals surface area contributed by atoms with Crippen molar-refractivity contribution >= 4 is 11.4 Å². The second kappa shape index (κ2) is 8.83. The van der Waals surface area contributed by atoms with Gasteiger partial charge in [-0.05, 0) is 121 Å². The Balaban J connectivity index is 1.14. The summed E-state index contributed by atoms with van der Waals surface area (Å²) in [5.41, 5.74) is 16.9. The van der Waals surface area contributed by atoms with Crippen LogP contribution in [0.2, 0.25) is 0 Å². The highest BCUT2D eigenvalue weighted by atomic mass is 16.5. The average Bonchev–Trinajstić information content (AvgIpc) is 2.91. The number of rotatable bonds is 6. The molecule has 4 aliphatic carbocycles. The van der Waals surface area contributed by atoms with E-state index in [0.717, 1.165) is 23.3 Å². The molecule has 0 aliphatic heterocycles. The van der Waals surface area contributed by atoms with Gasteiger partial charge in [-0.15, -0.1) is 0 Å². The van der Waals surface area contributed by atoms with E-state index in [-0.39, 0.29) is 10.8 Å². The second-order valence-electron chi connectivity index (χ2n) is 11.9. The van der Waals surface area contributed by atoms with Crippen molar-refractivity contribution in [3.63, 3.8) is 0 Å². The molecule has 0 aromatic heterocycles. The van der Waals surface area contributed by atoms with Gasteiger partial charge in [-0.1, -0.05) is 48.5 Å². The highest BCUT2D eigenvalue weighted by Gasteiger charge is 2.58. The van der Waals surface area contributed by atoms with E-state index in [2.05, 4.69) is 48.5 Å². The number of ether oxygens (including phenoxy) is 2. The van der Waals surface area contributed by atoms with E-state index in [9.17, 15) is 0 Å². The highest BCUT2D eigenvalue weighted by Crippen LogP contribution is 2.66. The van der Waals surface area contributed by atoms with Gasteiger partial charge < -0.3 is 20.9 Å². The maximum Gasteiger partial charge on any atom is 0.150 e. The summed E-state index contributed by atoms with van der Waals surface area (Å²) in [5, 5.41) is 0. The Labute approximate surface area is 224 Å². The van der Waals surface area contributed by atoms with E-state index in [4.69, 9.17) is 20.9 Å². The van der Waals surface area contributed by atoms with Crippen LogP contribution in [0.1, 0.15) is 49.7 Å². The molecule has 0 radical (unpaired) electrons. The molecular formula is C34H34N2O2. The van der Waals surface area contributed by atoms with Crippen LogP contribution in [0.25, 0.3) is 0 Å². The quantitative estimate of drug-likeness (QED) is 0.261. The van der Waals surface area contributed by atoms with Crippen LogP contribution in [0.5, 0.6) is 23.0 Å². The van der Waals surface area contributed by atoms with Crippen LogP contribution in [0.15, 0.2) is 97.1 Å². The van der Waals surface area contributed by atoms with Crippen molar-refractivity contribution in [2.24, 2.45) is 11.8 Å². The van der Waals surface area contributed by atoms with Gasteiger partial charge >= 0.3 is 0 Å². The summed E-state index contributed by atoms with van der Waals surface area (Å²) in [6, 6.07) is 33.0. The molecule has 38 heavy (non-hydrogen) atoms. The van der Waals surface area contributed by atoms with Crippen LogP contribution < -0.4 is 20.9 Å². The van der Waals surface area contributed by atoms with Gasteiger partial charge in [0.05, 0.1) is 11.4 Å². The Morgan fingerprint density at radius 3 is 1.32 bits per heavy atom. The summed E-state index contributed by atoms with van der Waals surface area (Å²) in [6.07, 6.45) is 7.78. The molecule has 8 rings (SSSR count). The standard InChI is InChI=1S/C34H34N2O2/c35-29-5-1-3-7-31(29)37-27-13-9-25(10-14-27)33-18-23-17-24(19-33)21-34(20-23,22-33)26-11-15-28(16-12-26)38-32-8-4-2-6-30(32)36/h1-16,23-24H,17-22,35-36H2. The molecule has 0 unspecified atom stereocenters. The van der Waals surface area contributed by atoms with Crippen LogP contribution >= 0.6 is 0 Å². The van der Waals surface area contributed by atoms with Crippen molar-refractivity contribution in [3.05, 3.63) is 108 Å². The van der Waals surface area contributed by atoms with Crippen LogP contribution in [-0.2, 0) is 10.8 Å². The lowest BCUT2D eigenvalue weighted by molar-refractivity contribution is -0.0281. The van der Waals surface area contributed by atoms with Gasteiger partial charge in [-0.3, -0.25) is 0 Å². The Hall–Kier alpha value is -3.92. The number of nitrogens with two attached hydrogens (primary N) is 2. The van der Waals surface area contributed by atoms with E-state index in [0.29, 0.717) is 22.9 Å². The van der Waals surface area contributed by atoms with Gasteiger partial charge in [0, 0.05) is 0 Å². The monoisotopic (exact) mass is 502 g/mol. The molecule has 4 aromatic rings. The summed E-state index contributed by atoms with van der Waals surface area (Å²) in [7, 11) is 0. The van der Waals surface area contributed by atoms with Gasteiger partial charge in [0.1, 0.15) is 23.0 Å². The SMILES string of the molecule is Nc1ccccc1Oc1ccc(C23CC4CC(C2)CC(c2ccc(Oc5ccccc5N)cc2)(C4)C3)cc1. The van der Waals surface area contributed by atoms with E-state index in [1.54, 1.807) is 0 Å². The fraction of sp³-hybridized carbons (Fsp3) is 0.294. The Morgan fingerprint density at radius 1 is 0.526 bits per heavy atom. The molecule has 0 atom stereocenters. The second-order valence-corrected chi connectivity index (χ2v) is 11.9. The lowest BCUT2D eigenvalue weighted by Crippen LogP contribution is -2.55. The smallest absolute Gasteiger partial charge is 0.150 e. The van der Waals surface area contributed by atoms with Gasteiger partial charge in [0.15, 0.2) is 0 Å². The van der Waals surface area contributed by atoms with Gasteiger partial charge in [-0.2, -0.15) is 0 Å². The summed E-state index contributed by atoms with van der Waals surface area (Å²) in [5.74, 6) is 4.65. The molecular weight excluding hydrogens is 468 g/mol. The first kappa shape index (κ1) is 23.2. The molecule has 0 saturated heterocycles. The molecule has 192 valence electrons. The Morgan fingerprint density at radius 2 is 0.921 bits per heavy atom. The fourth-order valence-electron chi connectivity index (χ4n) is 8.09. The van der Waals surface area contributed by atoms with E-state index in [1.165, 1.54) is 49.7 Å². The van der Waals surface area contributed by atoms with Gasteiger partial charge in [-0.25, -0.2) is 0 Å². The predicted molar refractivity (Wildman–Crippen MR) is 153 cm³/mol. The lowest BCUT2D eigenvalue weighted by atomic mass is 9.42. The molecule has 4 nitrogen and oxygen atoms in total. The van der Waals surface area contributed by atoms with E-state index < -0.39 is 0 Å². The van der Waals surface area contributed by atoms with Crippen LogP contribution in [-0.4, -0.2) is 0 Å². The molecule has 4 aromatic carbocycles. The minimum Gasteiger partial charge on any atom is -0.455 e. The molecule has 4 fully saturated rings.